The van der Waals surface area contributed by atoms with E-state index in [1.54, 1.807) is 38.3 Å². The number of methoxy groups -OCH3 is 1. The number of benzene rings is 2. The molecular formula is C33H38O5. The number of hydrogen-bond acceptors (Lipinski definition) is 4. The molecule has 4 fully saturated rings. The van der Waals surface area contributed by atoms with Gasteiger partial charge in [0.1, 0.15) is 5.75 Å². The Labute approximate surface area is 225 Å². The van der Waals surface area contributed by atoms with Gasteiger partial charge in [-0.05, 0) is 122 Å². The number of ether oxygens (including phenoxy) is 2. The number of rotatable bonds is 10. The Balaban J connectivity index is 1.38. The van der Waals surface area contributed by atoms with Crippen LogP contribution in [0, 0.1) is 17.8 Å². The zero-order valence-electron chi connectivity index (χ0n) is 22.4. The quantitative estimate of drug-likeness (QED) is 0.210. The first-order chi connectivity index (χ1) is 18.4. The lowest BCUT2D eigenvalue weighted by molar-refractivity contribution is -0.131. The van der Waals surface area contributed by atoms with E-state index in [1.807, 2.05) is 6.07 Å². The van der Waals surface area contributed by atoms with E-state index in [0.29, 0.717) is 12.2 Å². The Bertz CT molecular complexity index is 1220. The van der Waals surface area contributed by atoms with Gasteiger partial charge in [-0.15, -0.1) is 0 Å². The Morgan fingerprint density at radius 2 is 1.66 bits per heavy atom. The van der Waals surface area contributed by atoms with Crippen LogP contribution < -0.4 is 4.74 Å². The third kappa shape index (κ3) is 5.57. The van der Waals surface area contributed by atoms with E-state index in [0.717, 1.165) is 53.6 Å². The minimum Gasteiger partial charge on any atom is -0.496 e. The van der Waals surface area contributed by atoms with E-state index < -0.39 is 5.97 Å². The molecule has 38 heavy (non-hydrogen) atoms. The SMILES string of the molecule is CCOC(=O)c1cccc(C(/C=C\C(=O)O)=C\CCc2ccc(OC)c(C34CC5CC(CC(C5)C3)C4)c2)c1. The molecule has 4 bridgehead atoms. The van der Waals surface area contributed by atoms with Gasteiger partial charge >= 0.3 is 11.9 Å². The summed E-state index contributed by atoms with van der Waals surface area (Å²) in [5.41, 5.74) is 4.94. The normalized spacial score (nSPS) is 26.1. The maximum Gasteiger partial charge on any atom is 0.338 e. The predicted molar refractivity (Wildman–Crippen MR) is 148 cm³/mol. The minimum absolute atomic E-state index is 0.259. The average molecular weight is 515 g/mol. The van der Waals surface area contributed by atoms with Crippen LogP contribution in [0.5, 0.6) is 5.75 Å². The minimum atomic E-state index is -1.01. The molecule has 5 nitrogen and oxygen atoms in total. The van der Waals surface area contributed by atoms with Gasteiger partial charge in [-0.2, -0.15) is 0 Å². The number of allylic oxidation sites excluding steroid dienone is 3. The van der Waals surface area contributed by atoms with Gasteiger partial charge in [-0.1, -0.05) is 30.3 Å². The maximum absolute atomic E-state index is 12.2. The molecule has 0 saturated heterocycles. The van der Waals surface area contributed by atoms with Crippen LogP contribution >= 0.6 is 0 Å². The monoisotopic (exact) mass is 514 g/mol. The molecule has 0 atom stereocenters. The van der Waals surface area contributed by atoms with Crippen LogP contribution in [0.15, 0.2) is 60.7 Å². The lowest BCUT2D eigenvalue weighted by atomic mass is 9.48. The number of carbonyl (C=O) groups is 2. The molecule has 0 radical (unpaired) electrons. The van der Waals surface area contributed by atoms with Gasteiger partial charge in [-0.25, -0.2) is 9.59 Å². The molecule has 5 heteroatoms. The summed E-state index contributed by atoms with van der Waals surface area (Å²) in [7, 11) is 1.78. The van der Waals surface area contributed by atoms with Crippen molar-refractivity contribution in [2.24, 2.45) is 17.8 Å². The van der Waals surface area contributed by atoms with Crippen molar-refractivity contribution in [3.63, 3.8) is 0 Å². The fourth-order valence-corrected chi connectivity index (χ4v) is 7.64. The van der Waals surface area contributed by atoms with Crippen LogP contribution in [-0.4, -0.2) is 30.8 Å². The van der Waals surface area contributed by atoms with E-state index in [2.05, 4.69) is 24.3 Å². The lowest BCUT2D eigenvalue weighted by Crippen LogP contribution is -2.48. The Morgan fingerprint density at radius 1 is 0.974 bits per heavy atom. The largest absolute Gasteiger partial charge is 0.496 e. The van der Waals surface area contributed by atoms with Crippen LogP contribution in [0.4, 0.5) is 0 Å². The molecule has 200 valence electrons. The molecule has 0 spiro atoms. The standard InChI is InChI=1S/C33H38O5/c1-3-38-32(36)28-9-5-8-27(18-28)26(11-13-31(34)35)7-4-6-22-10-12-30(37-2)29(17-22)33-19-23-14-24(20-33)16-25(15-23)21-33/h5,7-13,17-18,23-25H,3-4,6,14-16,19-21H2,1-2H3,(H,34,35)/b13-11-,26-7-. The van der Waals surface area contributed by atoms with Crippen molar-refractivity contribution in [2.75, 3.05) is 13.7 Å². The van der Waals surface area contributed by atoms with Crippen molar-refractivity contribution < 1.29 is 24.2 Å². The van der Waals surface area contributed by atoms with Gasteiger partial charge in [0.05, 0.1) is 19.3 Å². The fourth-order valence-electron chi connectivity index (χ4n) is 7.64. The first-order valence-electron chi connectivity index (χ1n) is 13.9. The molecule has 1 N–H and O–H groups in total. The Hall–Kier alpha value is -3.34. The molecule has 2 aromatic rings. The van der Waals surface area contributed by atoms with Crippen LogP contribution in [0.3, 0.4) is 0 Å². The summed E-state index contributed by atoms with van der Waals surface area (Å²) in [6, 6.07) is 13.8. The van der Waals surface area contributed by atoms with E-state index in [4.69, 9.17) is 9.47 Å². The molecule has 0 aliphatic heterocycles. The molecule has 0 heterocycles. The van der Waals surface area contributed by atoms with Crippen LogP contribution in [0.25, 0.3) is 5.57 Å². The van der Waals surface area contributed by atoms with Gasteiger partial charge in [0.2, 0.25) is 0 Å². The van der Waals surface area contributed by atoms with Crippen molar-refractivity contribution in [2.45, 2.75) is 63.7 Å². The van der Waals surface area contributed by atoms with Gasteiger partial charge in [0, 0.05) is 11.6 Å². The predicted octanol–water partition coefficient (Wildman–Crippen LogP) is 7.00. The second kappa shape index (κ2) is 11.2. The van der Waals surface area contributed by atoms with Crippen molar-refractivity contribution in [1.29, 1.82) is 0 Å². The van der Waals surface area contributed by atoms with Gasteiger partial charge < -0.3 is 14.6 Å². The summed E-state index contributed by atoms with van der Waals surface area (Å²) in [5.74, 6) is 2.23. The number of carbonyl (C=O) groups excluding carboxylic acids is 1. The molecule has 4 saturated carbocycles. The second-order valence-electron chi connectivity index (χ2n) is 11.4. The zero-order valence-corrected chi connectivity index (χ0v) is 22.4. The first kappa shape index (κ1) is 26.3. The van der Waals surface area contributed by atoms with Crippen molar-refractivity contribution in [3.8, 4) is 5.75 Å². The first-order valence-corrected chi connectivity index (χ1v) is 13.9. The molecule has 0 aromatic heterocycles. The summed E-state index contributed by atoms with van der Waals surface area (Å²) >= 11 is 0. The number of carboxylic acids is 1. The van der Waals surface area contributed by atoms with Gasteiger partial charge in [-0.3, -0.25) is 0 Å². The topological polar surface area (TPSA) is 72.8 Å². The highest BCUT2D eigenvalue weighted by Gasteiger charge is 2.52. The average Bonchev–Trinajstić information content (AvgIpc) is 2.90. The molecule has 4 aliphatic carbocycles. The summed E-state index contributed by atoms with van der Waals surface area (Å²) in [4.78, 5) is 23.5. The zero-order chi connectivity index (χ0) is 26.7. The Morgan fingerprint density at radius 3 is 2.29 bits per heavy atom. The van der Waals surface area contributed by atoms with Crippen molar-refractivity contribution >= 4 is 17.5 Å². The second-order valence-corrected chi connectivity index (χ2v) is 11.4. The molecule has 2 aromatic carbocycles. The van der Waals surface area contributed by atoms with Gasteiger partial charge in [0.15, 0.2) is 0 Å². The lowest BCUT2D eigenvalue weighted by Gasteiger charge is -2.57. The van der Waals surface area contributed by atoms with E-state index in [-0.39, 0.29) is 11.4 Å². The highest BCUT2D eigenvalue weighted by molar-refractivity contribution is 5.92. The van der Waals surface area contributed by atoms with E-state index >= 15 is 0 Å². The number of esters is 1. The Kier molecular flexibility index (Phi) is 7.73. The maximum atomic E-state index is 12.2. The summed E-state index contributed by atoms with van der Waals surface area (Å²) < 4.78 is 11.0. The molecule has 6 rings (SSSR count). The highest BCUT2D eigenvalue weighted by Crippen LogP contribution is 2.61. The third-order valence-electron chi connectivity index (χ3n) is 8.78. The molecule has 0 amide bonds. The number of hydrogen-bond donors (Lipinski definition) is 1. The van der Waals surface area contributed by atoms with Crippen LogP contribution in [0.1, 0.15) is 78.9 Å². The summed E-state index contributed by atoms with van der Waals surface area (Å²) in [5, 5.41) is 9.22. The number of aliphatic carboxylic acids is 1. The molecule has 0 unspecified atom stereocenters. The molecular weight excluding hydrogens is 476 g/mol. The van der Waals surface area contributed by atoms with E-state index in [1.165, 1.54) is 49.7 Å². The van der Waals surface area contributed by atoms with Crippen LogP contribution in [0.2, 0.25) is 0 Å². The summed E-state index contributed by atoms with van der Waals surface area (Å²) in [6.45, 7) is 2.08. The number of carboxylic acid groups (broad SMARTS) is 1. The smallest absolute Gasteiger partial charge is 0.338 e. The molecule has 4 aliphatic rings. The third-order valence-corrected chi connectivity index (χ3v) is 8.78. The summed E-state index contributed by atoms with van der Waals surface area (Å²) in [6.07, 6.45) is 14.5. The van der Waals surface area contributed by atoms with Gasteiger partial charge in [0.25, 0.3) is 0 Å². The number of aryl methyl sites for hydroxylation is 1. The van der Waals surface area contributed by atoms with Crippen LogP contribution in [-0.2, 0) is 21.4 Å². The van der Waals surface area contributed by atoms with E-state index in [9.17, 15) is 14.7 Å². The van der Waals surface area contributed by atoms with Crippen molar-refractivity contribution in [1.82, 2.24) is 0 Å². The highest BCUT2D eigenvalue weighted by atomic mass is 16.5. The van der Waals surface area contributed by atoms with Crippen molar-refractivity contribution in [3.05, 3.63) is 82.9 Å². The fraction of sp³-hybridized carbons (Fsp3) is 0.455.